The van der Waals surface area contributed by atoms with Crippen LogP contribution in [-0.2, 0) is 14.8 Å². The smallest absolute Gasteiger partial charge is 0.328 e. The van der Waals surface area contributed by atoms with Crippen molar-refractivity contribution >= 4 is 28.0 Å². The number of rotatable bonds is 7. The lowest BCUT2D eigenvalue weighted by Gasteiger charge is -2.05. The van der Waals surface area contributed by atoms with Crippen LogP contribution in [0, 0.1) is 0 Å². The van der Waals surface area contributed by atoms with Gasteiger partial charge in [-0.3, -0.25) is 4.79 Å². The van der Waals surface area contributed by atoms with Gasteiger partial charge in [0, 0.05) is 18.2 Å². The summed E-state index contributed by atoms with van der Waals surface area (Å²) in [6.45, 7) is 0.185. The zero-order chi connectivity index (χ0) is 15.9. The third-order valence-electron chi connectivity index (χ3n) is 2.46. The number of primary sulfonamides is 1. The van der Waals surface area contributed by atoms with E-state index < -0.39 is 16.0 Å². The van der Waals surface area contributed by atoms with Gasteiger partial charge in [-0.2, -0.15) is 0 Å². The minimum Gasteiger partial charge on any atom is -0.478 e. The lowest BCUT2D eigenvalue weighted by atomic mass is 10.1. The number of amides is 1. The largest absolute Gasteiger partial charge is 0.478 e. The van der Waals surface area contributed by atoms with Crippen LogP contribution < -0.4 is 10.5 Å². The SMILES string of the molecule is NS(=O)(=O)CCCNC(=O)c1cccc(C=CC(=O)O)c1. The van der Waals surface area contributed by atoms with Crippen molar-refractivity contribution in [3.8, 4) is 0 Å². The number of benzene rings is 1. The Hall–Kier alpha value is -2.19. The van der Waals surface area contributed by atoms with Gasteiger partial charge in [-0.1, -0.05) is 12.1 Å². The van der Waals surface area contributed by atoms with Crippen LogP contribution in [0.1, 0.15) is 22.3 Å². The van der Waals surface area contributed by atoms with E-state index in [0.717, 1.165) is 6.08 Å². The van der Waals surface area contributed by atoms with Crippen LogP contribution in [0.25, 0.3) is 6.08 Å². The first-order chi connectivity index (χ1) is 9.78. The highest BCUT2D eigenvalue weighted by Crippen LogP contribution is 2.07. The van der Waals surface area contributed by atoms with Crippen LogP contribution in [0.4, 0.5) is 0 Å². The molecule has 0 heterocycles. The molecule has 0 unspecified atom stereocenters. The third-order valence-corrected chi connectivity index (χ3v) is 3.32. The van der Waals surface area contributed by atoms with Gasteiger partial charge in [-0.05, 0) is 30.2 Å². The topological polar surface area (TPSA) is 127 Å². The summed E-state index contributed by atoms with van der Waals surface area (Å²) in [5, 5.41) is 15.9. The highest BCUT2D eigenvalue weighted by Gasteiger charge is 2.06. The Kier molecular flexibility index (Phi) is 6.07. The fourth-order valence-corrected chi connectivity index (χ4v) is 2.08. The molecule has 0 aliphatic carbocycles. The second-order valence-electron chi connectivity index (χ2n) is 4.27. The fourth-order valence-electron chi connectivity index (χ4n) is 1.53. The van der Waals surface area contributed by atoms with E-state index in [1.165, 1.54) is 12.1 Å². The van der Waals surface area contributed by atoms with Crippen LogP contribution in [0.3, 0.4) is 0 Å². The van der Waals surface area contributed by atoms with Gasteiger partial charge in [0.05, 0.1) is 5.75 Å². The van der Waals surface area contributed by atoms with Crippen LogP contribution in [0.2, 0.25) is 0 Å². The number of carboxylic acid groups (broad SMARTS) is 1. The first-order valence-electron chi connectivity index (χ1n) is 6.08. The van der Waals surface area contributed by atoms with Gasteiger partial charge >= 0.3 is 5.97 Å². The molecule has 4 N–H and O–H groups in total. The van der Waals surface area contributed by atoms with E-state index in [1.54, 1.807) is 18.2 Å². The number of sulfonamides is 1. The second kappa shape index (κ2) is 7.55. The van der Waals surface area contributed by atoms with Crippen molar-refractivity contribution in [1.29, 1.82) is 0 Å². The Labute approximate surface area is 122 Å². The summed E-state index contributed by atoms with van der Waals surface area (Å²) in [5.41, 5.74) is 0.938. The van der Waals surface area contributed by atoms with Gasteiger partial charge < -0.3 is 10.4 Å². The molecule has 0 saturated heterocycles. The van der Waals surface area contributed by atoms with Crippen molar-refractivity contribution in [3.63, 3.8) is 0 Å². The van der Waals surface area contributed by atoms with Crippen molar-refractivity contribution in [1.82, 2.24) is 5.32 Å². The molecule has 1 rings (SSSR count). The van der Waals surface area contributed by atoms with Crippen LogP contribution >= 0.6 is 0 Å². The zero-order valence-corrected chi connectivity index (χ0v) is 12.0. The molecular weight excluding hydrogens is 296 g/mol. The molecule has 0 bridgehead atoms. The third kappa shape index (κ3) is 7.23. The lowest BCUT2D eigenvalue weighted by molar-refractivity contribution is -0.131. The summed E-state index contributed by atoms with van der Waals surface area (Å²) in [7, 11) is -3.52. The number of carbonyl (C=O) groups is 2. The Bertz CT molecular complexity index is 652. The standard InChI is InChI=1S/C13H16N2O5S/c14-21(19,20)8-2-7-15-13(18)11-4-1-3-10(9-11)5-6-12(16)17/h1,3-6,9H,2,7-8H2,(H,15,18)(H,16,17)(H2,14,19,20). The van der Waals surface area contributed by atoms with Crippen molar-refractivity contribution in [2.24, 2.45) is 5.14 Å². The van der Waals surface area contributed by atoms with Gasteiger partial charge in [0.2, 0.25) is 10.0 Å². The highest BCUT2D eigenvalue weighted by molar-refractivity contribution is 7.89. The van der Waals surface area contributed by atoms with Crippen molar-refractivity contribution in [2.75, 3.05) is 12.3 Å². The van der Waals surface area contributed by atoms with E-state index in [-0.39, 0.29) is 24.6 Å². The van der Waals surface area contributed by atoms with Gasteiger partial charge in [0.15, 0.2) is 0 Å². The molecule has 7 nitrogen and oxygen atoms in total. The first kappa shape index (κ1) is 16.9. The monoisotopic (exact) mass is 312 g/mol. The molecule has 0 aromatic heterocycles. The van der Waals surface area contributed by atoms with Crippen molar-refractivity contribution < 1.29 is 23.1 Å². The highest BCUT2D eigenvalue weighted by atomic mass is 32.2. The van der Waals surface area contributed by atoms with E-state index in [0.29, 0.717) is 11.1 Å². The van der Waals surface area contributed by atoms with E-state index in [2.05, 4.69) is 5.32 Å². The first-order valence-corrected chi connectivity index (χ1v) is 7.79. The van der Waals surface area contributed by atoms with E-state index in [4.69, 9.17) is 10.2 Å². The van der Waals surface area contributed by atoms with Crippen LogP contribution in [0.15, 0.2) is 30.3 Å². The molecule has 1 aromatic carbocycles. The minimum atomic E-state index is -3.52. The molecule has 0 atom stereocenters. The van der Waals surface area contributed by atoms with E-state index >= 15 is 0 Å². The van der Waals surface area contributed by atoms with Gasteiger partial charge in [-0.25, -0.2) is 18.4 Å². The number of nitrogens with one attached hydrogen (secondary N) is 1. The molecular formula is C13H16N2O5S. The maximum absolute atomic E-state index is 11.8. The predicted molar refractivity (Wildman–Crippen MR) is 78.0 cm³/mol. The zero-order valence-electron chi connectivity index (χ0n) is 11.2. The van der Waals surface area contributed by atoms with Crippen molar-refractivity contribution in [2.45, 2.75) is 6.42 Å². The van der Waals surface area contributed by atoms with Gasteiger partial charge in [0.1, 0.15) is 0 Å². The van der Waals surface area contributed by atoms with E-state index in [1.807, 2.05) is 0 Å². The molecule has 0 aliphatic rings. The average Bonchev–Trinajstić information content (AvgIpc) is 2.40. The molecule has 0 fully saturated rings. The van der Waals surface area contributed by atoms with Crippen LogP contribution in [0.5, 0.6) is 0 Å². The summed E-state index contributed by atoms with van der Waals surface area (Å²) in [5.74, 6) is -1.64. The Morgan fingerprint density at radius 1 is 1.33 bits per heavy atom. The summed E-state index contributed by atoms with van der Waals surface area (Å²) in [6.07, 6.45) is 2.58. The minimum absolute atomic E-state index is 0.185. The molecule has 8 heteroatoms. The number of carboxylic acids is 1. The van der Waals surface area contributed by atoms with Gasteiger partial charge in [0.25, 0.3) is 5.91 Å². The van der Waals surface area contributed by atoms with Crippen molar-refractivity contribution in [3.05, 3.63) is 41.5 Å². The molecule has 0 spiro atoms. The fraction of sp³-hybridized carbons (Fsp3) is 0.231. The molecule has 0 aliphatic heterocycles. The summed E-state index contributed by atoms with van der Waals surface area (Å²) in [4.78, 5) is 22.2. The number of carbonyl (C=O) groups excluding carboxylic acids is 1. The Morgan fingerprint density at radius 2 is 2.05 bits per heavy atom. The molecule has 21 heavy (non-hydrogen) atoms. The Morgan fingerprint density at radius 3 is 2.67 bits per heavy atom. The van der Waals surface area contributed by atoms with E-state index in [9.17, 15) is 18.0 Å². The number of aliphatic carboxylic acids is 1. The maximum atomic E-state index is 11.8. The number of hydrogen-bond donors (Lipinski definition) is 3. The molecule has 0 radical (unpaired) electrons. The molecule has 1 aromatic rings. The molecule has 0 saturated carbocycles. The molecule has 1 amide bonds. The van der Waals surface area contributed by atoms with Gasteiger partial charge in [-0.15, -0.1) is 0 Å². The number of nitrogens with two attached hydrogens (primary N) is 1. The summed E-state index contributed by atoms with van der Waals surface area (Å²) < 4.78 is 21.5. The normalized spacial score (nSPS) is 11.5. The summed E-state index contributed by atoms with van der Waals surface area (Å²) in [6, 6.07) is 6.40. The van der Waals surface area contributed by atoms with Crippen LogP contribution in [-0.4, -0.2) is 37.7 Å². The quantitative estimate of drug-likeness (QED) is 0.489. The predicted octanol–water partition coefficient (Wildman–Crippen LogP) is 0.193. The maximum Gasteiger partial charge on any atom is 0.328 e. The average molecular weight is 312 g/mol. The Balaban J connectivity index is 2.58. The summed E-state index contributed by atoms with van der Waals surface area (Å²) >= 11 is 0. The number of hydrogen-bond acceptors (Lipinski definition) is 4. The second-order valence-corrected chi connectivity index (χ2v) is 6.01. The lowest BCUT2D eigenvalue weighted by Crippen LogP contribution is -2.27. The molecule has 114 valence electrons.